The van der Waals surface area contributed by atoms with E-state index in [4.69, 9.17) is 0 Å². The molecule has 2 heterocycles. The summed E-state index contributed by atoms with van der Waals surface area (Å²) in [7, 11) is 0. The van der Waals surface area contributed by atoms with E-state index in [1.807, 2.05) is 23.9 Å². The third kappa shape index (κ3) is 3.05. The summed E-state index contributed by atoms with van der Waals surface area (Å²) in [4.78, 5) is 2.16. The van der Waals surface area contributed by atoms with E-state index < -0.39 is 11.7 Å². The molecule has 0 saturated carbocycles. The zero-order valence-electron chi connectivity index (χ0n) is 11.7. The molecule has 1 fully saturated rings. The Morgan fingerprint density at radius 2 is 2.37 bits per heavy atom. The average Bonchev–Trinajstić information content (AvgIpc) is 2.68. The van der Waals surface area contributed by atoms with E-state index in [-0.39, 0.29) is 0 Å². The average molecular weight is 265 g/mol. The highest BCUT2D eigenvalue weighted by Gasteiger charge is 2.36. The molecule has 0 aromatic carbocycles. The van der Waals surface area contributed by atoms with Gasteiger partial charge in [-0.3, -0.25) is 9.58 Å². The van der Waals surface area contributed by atoms with Crippen LogP contribution in [0.3, 0.4) is 0 Å². The molecule has 2 N–H and O–H groups in total. The van der Waals surface area contributed by atoms with Crippen LogP contribution < -0.4 is 0 Å². The monoisotopic (exact) mass is 265 g/mol. The first-order valence-electron chi connectivity index (χ1n) is 6.69. The molecule has 1 aliphatic heterocycles. The number of aromatic nitrogens is 2. The third-order valence-electron chi connectivity index (χ3n) is 3.98. The molecule has 5 nitrogen and oxygen atoms in total. The van der Waals surface area contributed by atoms with Crippen molar-refractivity contribution < 1.29 is 10.2 Å². The van der Waals surface area contributed by atoms with E-state index in [2.05, 4.69) is 16.6 Å². The van der Waals surface area contributed by atoms with Crippen molar-refractivity contribution in [1.29, 1.82) is 0 Å². The Kier molecular flexibility index (Phi) is 4.08. The normalized spacial score (nSPS) is 28.5. The predicted molar refractivity (Wildman–Crippen MR) is 73.7 cm³/mol. The van der Waals surface area contributed by atoms with Gasteiger partial charge in [-0.25, -0.2) is 0 Å². The van der Waals surface area contributed by atoms with Gasteiger partial charge in [0.2, 0.25) is 0 Å². The van der Waals surface area contributed by atoms with Gasteiger partial charge in [0, 0.05) is 30.9 Å². The van der Waals surface area contributed by atoms with Crippen LogP contribution >= 0.6 is 0 Å². The van der Waals surface area contributed by atoms with Gasteiger partial charge in [-0.15, -0.1) is 6.58 Å². The first-order chi connectivity index (χ1) is 8.94. The fourth-order valence-corrected chi connectivity index (χ4v) is 2.41. The van der Waals surface area contributed by atoms with E-state index in [1.54, 1.807) is 6.92 Å². The maximum atomic E-state index is 9.95. The molecular formula is C14H23N3O2. The van der Waals surface area contributed by atoms with Gasteiger partial charge >= 0.3 is 0 Å². The van der Waals surface area contributed by atoms with Gasteiger partial charge in [-0.05, 0) is 20.3 Å². The molecule has 1 aromatic heterocycles. The number of β-amino-alcohol motifs (C(OH)–C–C–N with tert-alkyl or cyclic N) is 1. The summed E-state index contributed by atoms with van der Waals surface area (Å²) in [6.07, 6.45) is 3.60. The maximum Gasteiger partial charge on any atom is 0.0951 e. The second-order valence-electron chi connectivity index (χ2n) is 5.58. The van der Waals surface area contributed by atoms with E-state index in [1.165, 1.54) is 0 Å². The van der Waals surface area contributed by atoms with Crippen molar-refractivity contribution in [2.24, 2.45) is 0 Å². The zero-order chi connectivity index (χ0) is 14.0. The molecule has 5 heteroatoms. The summed E-state index contributed by atoms with van der Waals surface area (Å²) >= 11 is 0. The minimum absolute atomic E-state index is 0.499. The highest BCUT2D eigenvalue weighted by molar-refractivity contribution is 5.16. The number of hydrogen-bond acceptors (Lipinski definition) is 4. The Morgan fingerprint density at radius 1 is 1.63 bits per heavy atom. The number of hydrogen-bond donors (Lipinski definition) is 2. The van der Waals surface area contributed by atoms with Crippen molar-refractivity contribution in [3.8, 4) is 0 Å². The van der Waals surface area contributed by atoms with Gasteiger partial charge in [-0.1, -0.05) is 6.08 Å². The predicted octanol–water partition coefficient (Wildman–Crippen LogP) is 0.695. The van der Waals surface area contributed by atoms with Crippen LogP contribution in [0, 0.1) is 6.92 Å². The van der Waals surface area contributed by atoms with Gasteiger partial charge in [0.25, 0.3) is 0 Å². The molecule has 0 amide bonds. The van der Waals surface area contributed by atoms with E-state index in [0.29, 0.717) is 19.5 Å². The highest BCUT2D eigenvalue weighted by Crippen LogP contribution is 2.23. The van der Waals surface area contributed by atoms with E-state index >= 15 is 0 Å². The van der Waals surface area contributed by atoms with E-state index in [9.17, 15) is 10.2 Å². The number of likely N-dealkylation sites (tertiary alicyclic amines) is 1. The molecule has 2 rings (SSSR count). The minimum atomic E-state index is -0.960. The number of nitrogens with zero attached hydrogens (tertiary/aromatic N) is 3. The number of rotatable bonds is 4. The summed E-state index contributed by atoms with van der Waals surface area (Å²) in [6, 6.07) is 0. The summed E-state index contributed by atoms with van der Waals surface area (Å²) in [6.45, 7) is 10.2. The Balaban J connectivity index is 2.01. The Hall–Kier alpha value is -1.17. The fourth-order valence-electron chi connectivity index (χ4n) is 2.41. The van der Waals surface area contributed by atoms with Crippen LogP contribution in [0.2, 0.25) is 0 Å². The topological polar surface area (TPSA) is 61.5 Å². The first-order valence-corrected chi connectivity index (χ1v) is 6.69. The van der Waals surface area contributed by atoms with Gasteiger partial charge in [0.1, 0.15) is 0 Å². The summed E-state index contributed by atoms with van der Waals surface area (Å²) in [5, 5.41) is 24.2. The van der Waals surface area contributed by atoms with Crippen LogP contribution in [0.1, 0.15) is 24.6 Å². The van der Waals surface area contributed by atoms with Gasteiger partial charge in [-0.2, -0.15) is 5.10 Å². The molecule has 1 saturated heterocycles. The lowest BCUT2D eigenvalue weighted by Gasteiger charge is -2.39. The quantitative estimate of drug-likeness (QED) is 0.787. The fraction of sp³-hybridized carbons (Fsp3) is 0.643. The lowest BCUT2D eigenvalue weighted by Crippen LogP contribution is -2.53. The van der Waals surface area contributed by atoms with Gasteiger partial charge < -0.3 is 10.2 Å². The van der Waals surface area contributed by atoms with Crippen molar-refractivity contribution in [2.75, 3.05) is 13.1 Å². The summed E-state index contributed by atoms with van der Waals surface area (Å²) in [5.74, 6) is 0. The van der Waals surface area contributed by atoms with Crippen molar-refractivity contribution in [3.05, 3.63) is 30.1 Å². The lowest BCUT2D eigenvalue weighted by atomic mass is 9.90. The molecule has 0 aliphatic carbocycles. The van der Waals surface area contributed by atoms with Crippen LogP contribution in [-0.4, -0.2) is 49.7 Å². The minimum Gasteiger partial charge on any atom is -0.389 e. The standard InChI is InChI=1S/C14H23N3O2/c1-4-6-17-11(2)12(8-15-17)9-16-7-5-14(3,19)13(18)10-16/h4,8,13,18-19H,1,5-7,9-10H2,2-3H3/t13-,14-/m1/s1. The molecule has 19 heavy (non-hydrogen) atoms. The molecule has 1 aromatic rings. The van der Waals surface area contributed by atoms with Crippen molar-refractivity contribution >= 4 is 0 Å². The van der Waals surface area contributed by atoms with Crippen LogP contribution in [0.4, 0.5) is 0 Å². The van der Waals surface area contributed by atoms with Crippen molar-refractivity contribution in [1.82, 2.24) is 14.7 Å². The maximum absolute atomic E-state index is 9.95. The summed E-state index contributed by atoms with van der Waals surface area (Å²) in [5.41, 5.74) is 1.33. The summed E-state index contributed by atoms with van der Waals surface area (Å²) < 4.78 is 1.92. The van der Waals surface area contributed by atoms with E-state index in [0.717, 1.165) is 24.3 Å². The van der Waals surface area contributed by atoms with Crippen LogP contribution in [0.15, 0.2) is 18.9 Å². The Labute approximate surface area is 114 Å². The Morgan fingerprint density at radius 3 is 3.00 bits per heavy atom. The number of allylic oxidation sites excluding steroid dienone is 1. The second kappa shape index (κ2) is 5.45. The molecule has 0 radical (unpaired) electrons. The number of aliphatic hydroxyl groups is 2. The molecular weight excluding hydrogens is 242 g/mol. The molecule has 0 spiro atoms. The highest BCUT2D eigenvalue weighted by atomic mass is 16.3. The zero-order valence-corrected chi connectivity index (χ0v) is 11.7. The second-order valence-corrected chi connectivity index (χ2v) is 5.58. The largest absolute Gasteiger partial charge is 0.389 e. The van der Waals surface area contributed by atoms with Crippen LogP contribution in [-0.2, 0) is 13.1 Å². The van der Waals surface area contributed by atoms with Crippen LogP contribution in [0.25, 0.3) is 0 Å². The Bertz CT molecular complexity index is 454. The van der Waals surface area contributed by atoms with Crippen LogP contribution in [0.5, 0.6) is 0 Å². The molecule has 0 unspecified atom stereocenters. The number of piperidine rings is 1. The molecule has 1 aliphatic rings. The smallest absolute Gasteiger partial charge is 0.0951 e. The lowest BCUT2D eigenvalue weighted by molar-refractivity contribution is -0.108. The van der Waals surface area contributed by atoms with Crippen molar-refractivity contribution in [3.63, 3.8) is 0 Å². The first kappa shape index (κ1) is 14.2. The third-order valence-corrected chi connectivity index (χ3v) is 3.98. The van der Waals surface area contributed by atoms with Gasteiger partial charge in [0.15, 0.2) is 0 Å². The SMILES string of the molecule is C=CCn1ncc(CN2CC[C@@](C)(O)[C@H](O)C2)c1C. The number of aliphatic hydroxyl groups excluding tert-OH is 1. The molecule has 0 bridgehead atoms. The van der Waals surface area contributed by atoms with Crippen molar-refractivity contribution in [2.45, 2.75) is 45.1 Å². The molecule has 2 atom stereocenters. The van der Waals surface area contributed by atoms with Gasteiger partial charge in [0.05, 0.1) is 24.4 Å². The molecule has 106 valence electrons.